The molecule has 0 unspecified atom stereocenters. The van der Waals surface area contributed by atoms with Gasteiger partial charge in [-0.1, -0.05) is 20.8 Å². The molecule has 6 heteroatoms. The molecule has 2 heterocycles. The molecule has 2 fully saturated rings. The molecule has 118 valence electrons. The molecule has 0 aliphatic carbocycles. The molecule has 0 radical (unpaired) electrons. The van der Waals surface area contributed by atoms with Crippen LogP contribution >= 0.6 is 0 Å². The Morgan fingerprint density at radius 1 is 1.15 bits per heavy atom. The van der Waals surface area contributed by atoms with Gasteiger partial charge in [0, 0.05) is 6.54 Å². The van der Waals surface area contributed by atoms with Crippen molar-refractivity contribution in [3.05, 3.63) is 0 Å². The van der Waals surface area contributed by atoms with Crippen molar-refractivity contribution >= 4 is 8.32 Å². The quantitative estimate of drug-likeness (QED) is 0.664. The van der Waals surface area contributed by atoms with Crippen molar-refractivity contribution in [2.45, 2.75) is 75.7 Å². The van der Waals surface area contributed by atoms with Gasteiger partial charge in [0.15, 0.2) is 8.32 Å². The number of fused-ring (bicyclic) bond motifs is 1. The summed E-state index contributed by atoms with van der Waals surface area (Å²) in [5.74, 6) is 0. The van der Waals surface area contributed by atoms with Crippen LogP contribution < -0.4 is 0 Å². The fourth-order valence-electron chi connectivity index (χ4n) is 2.96. The standard InChI is InChI=1S/C14H29NO4Si/c1-14(2,3)20(4,5)19-8-9-12(17)13(18)11-10(16)6-7-15(9)11/h9-13,16-18H,6-8H2,1-5H3/t9-,10+,11-,12-,13+/m1/s1. The first-order valence-corrected chi connectivity index (χ1v) is 10.4. The minimum absolute atomic E-state index is 0.124. The van der Waals surface area contributed by atoms with Crippen molar-refractivity contribution in [1.29, 1.82) is 0 Å². The van der Waals surface area contributed by atoms with Gasteiger partial charge in [0.25, 0.3) is 0 Å². The fourth-order valence-corrected chi connectivity index (χ4v) is 3.98. The molecule has 3 N–H and O–H groups in total. The molecule has 2 aliphatic rings. The van der Waals surface area contributed by atoms with Gasteiger partial charge < -0.3 is 19.7 Å². The number of hydrogen-bond donors (Lipinski definition) is 3. The summed E-state index contributed by atoms with van der Waals surface area (Å²) in [5, 5.41) is 30.4. The molecule has 5 nitrogen and oxygen atoms in total. The highest BCUT2D eigenvalue weighted by Crippen LogP contribution is 2.38. The molecule has 2 saturated heterocycles. The summed E-state index contributed by atoms with van der Waals surface area (Å²) < 4.78 is 6.18. The van der Waals surface area contributed by atoms with Crippen LogP contribution in [0.2, 0.25) is 18.1 Å². The maximum Gasteiger partial charge on any atom is 0.192 e. The van der Waals surface area contributed by atoms with Crippen LogP contribution in [0.5, 0.6) is 0 Å². The Hall–Kier alpha value is 0.0169. The molecule has 0 amide bonds. The first-order chi connectivity index (χ1) is 9.06. The second-order valence-corrected chi connectivity index (χ2v) is 12.5. The van der Waals surface area contributed by atoms with Crippen LogP contribution in [0.25, 0.3) is 0 Å². The molecular weight excluding hydrogens is 274 g/mol. The van der Waals surface area contributed by atoms with Crippen LogP contribution in [0, 0.1) is 0 Å². The Balaban J connectivity index is 2.03. The predicted octanol–water partition coefficient (Wildman–Crippen LogP) is 0.547. The third-order valence-electron chi connectivity index (χ3n) is 5.40. The van der Waals surface area contributed by atoms with Gasteiger partial charge >= 0.3 is 0 Å². The van der Waals surface area contributed by atoms with E-state index in [4.69, 9.17) is 4.43 Å². The molecule has 0 aromatic carbocycles. The smallest absolute Gasteiger partial charge is 0.192 e. The third-order valence-corrected chi connectivity index (χ3v) is 9.90. The van der Waals surface area contributed by atoms with E-state index in [1.54, 1.807) is 0 Å². The van der Waals surface area contributed by atoms with Gasteiger partial charge in [-0.2, -0.15) is 0 Å². The maximum atomic E-state index is 10.2. The predicted molar refractivity (Wildman–Crippen MR) is 80.1 cm³/mol. The largest absolute Gasteiger partial charge is 0.415 e. The van der Waals surface area contributed by atoms with E-state index in [0.717, 1.165) is 0 Å². The average molecular weight is 303 g/mol. The van der Waals surface area contributed by atoms with Crippen LogP contribution in [0.15, 0.2) is 0 Å². The highest BCUT2D eigenvalue weighted by molar-refractivity contribution is 6.74. The minimum Gasteiger partial charge on any atom is -0.415 e. The van der Waals surface area contributed by atoms with Crippen LogP contribution in [0.1, 0.15) is 27.2 Å². The molecule has 20 heavy (non-hydrogen) atoms. The van der Waals surface area contributed by atoms with Crippen LogP contribution in [-0.4, -0.2) is 72.1 Å². The summed E-state index contributed by atoms with van der Waals surface area (Å²) in [6, 6.07) is -0.542. The zero-order valence-corrected chi connectivity index (χ0v) is 14.2. The van der Waals surface area contributed by atoms with Crippen molar-refractivity contribution in [3.8, 4) is 0 Å². The highest BCUT2D eigenvalue weighted by Gasteiger charge is 2.53. The molecule has 5 atom stereocenters. The highest BCUT2D eigenvalue weighted by atomic mass is 28.4. The summed E-state index contributed by atoms with van der Waals surface area (Å²) in [5.41, 5.74) is 0. The molecule has 0 bridgehead atoms. The summed E-state index contributed by atoms with van der Waals surface area (Å²) in [6.07, 6.45) is -1.59. The Kier molecular flexibility index (Phi) is 4.37. The SMILES string of the molecule is CC(C)(C)[Si](C)(C)OC[C@@H]1[C@@H](O)[C@@H](O)[C@H]2[C@@H](O)CCN21. The van der Waals surface area contributed by atoms with Gasteiger partial charge in [0.1, 0.15) is 0 Å². The fraction of sp³-hybridized carbons (Fsp3) is 1.00. The van der Waals surface area contributed by atoms with E-state index in [9.17, 15) is 15.3 Å². The lowest BCUT2D eigenvalue weighted by molar-refractivity contribution is -0.000342. The number of nitrogens with zero attached hydrogens (tertiary/aromatic N) is 1. The van der Waals surface area contributed by atoms with Gasteiger partial charge in [-0.05, 0) is 24.6 Å². The topological polar surface area (TPSA) is 73.2 Å². The molecule has 0 spiro atoms. The summed E-state index contributed by atoms with van der Waals surface area (Å²) in [7, 11) is -1.87. The van der Waals surface area contributed by atoms with Crippen molar-refractivity contribution in [3.63, 3.8) is 0 Å². The summed E-state index contributed by atoms with van der Waals surface area (Å²) in [4.78, 5) is 2.02. The van der Waals surface area contributed by atoms with Crippen LogP contribution in [0.4, 0.5) is 0 Å². The molecule has 0 aromatic rings. The summed E-state index contributed by atoms with van der Waals surface area (Å²) in [6.45, 7) is 12.1. The van der Waals surface area contributed by atoms with E-state index in [2.05, 4.69) is 33.9 Å². The van der Waals surface area contributed by atoms with Crippen molar-refractivity contribution in [2.75, 3.05) is 13.2 Å². The average Bonchev–Trinajstić information content (AvgIpc) is 2.78. The lowest BCUT2D eigenvalue weighted by Gasteiger charge is -2.38. The Morgan fingerprint density at radius 3 is 2.30 bits per heavy atom. The number of aliphatic hydroxyl groups is 3. The molecule has 2 aliphatic heterocycles. The van der Waals surface area contributed by atoms with Gasteiger partial charge in [-0.25, -0.2) is 0 Å². The Morgan fingerprint density at radius 2 is 1.75 bits per heavy atom. The Labute approximate surface area is 122 Å². The second-order valence-electron chi connectivity index (χ2n) is 7.70. The molecular formula is C14H29NO4Si. The number of hydrogen-bond acceptors (Lipinski definition) is 5. The van der Waals surface area contributed by atoms with Crippen molar-refractivity contribution in [2.24, 2.45) is 0 Å². The van der Waals surface area contributed by atoms with Gasteiger partial charge in [-0.15, -0.1) is 0 Å². The monoisotopic (exact) mass is 303 g/mol. The first kappa shape index (κ1) is 16.4. The molecule has 2 rings (SSSR count). The second kappa shape index (κ2) is 5.33. The summed E-state index contributed by atoms with van der Waals surface area (Å²) >= 11 is 0. The maximum absolute atomic E-state index is 10.2. The first-order valence-electron chi connectivity index (χ1n) is 7.50. The van der Waals surface area contributed by atoms with E-state index in [-0.39, 0.29) is 17.1 Å². The normalized spacial score (nSPS) is 39.3. The van der Waals surface area contributed by atoms with Crippen LogP contribution in [0.3, 0.4) is 0 Å². The van der Waals surface area contributed by atoms with E-state index in [1.807, 2.05) is 4.90 Å². The van der Waals surface area contributed by atoms with E-state index in [1.165, 1.54) is 0 Å². The van der Waals surface area contributed by atoms with Gasteiger partial charge in [0.05, 0.1) is 37.0 Å². The minimum atomic E-state index is -1.87. The lowest BCUT2D eigenvalue weighted by Crippen LogP contribution is -2.47. The van der Waals surface area contributed by atoms with Crippen molar-refractivity contribution in [1.82, 2.24) is 4.90 Å². The third kappa shape index (κ3) is 2.69. The zero-order valence-electron chi connectivity index (χ0n) is 13.2. The molecule has 0 aromatic heterocycles. The van der Waals surface area contributed by atoms with E-state index >= 15 is 0 Å². The number of rotatable bonds is 3. The van der Waals surface area contributed by atoms with Gasteiger partial charge in [-0.3, -0.25) is 4.90 Å². The van der Waals surface area contributed by atoms with Crippen molar-refractivity contribution < 1.29 is 19.7 Å². The lowest BCUT2D eigenvalue weighted by atomic mass is 10.0. The van der Waals surface area contributed by atoms with E-state index < -0.39 is 26.6 Å². The van der Waals surface area contributed by atoms with E-state index in [0.29, 0.717) is 19.6 Å². The van der Waals surface area contributed by atoms with Gasteiger partial charge in [0.2, 0.25) is 0 Å². The number of aliphatic hydroxyl groups excluding tert-OH is 3. The Bertz CT molecular complexity index is 358. The van der Waals surface area contributed by atoms with Crippen LogP contribution in [-0.2, 0) is 4.43 Å². The molecule has 0 saturated carbocycles. The zero-order chi connectivity index (χ0) is 15.3.